The Balaban J connectivity index is 0.00000128. The van der Waals surface area contributed by atoms with Crippen LogP contribution >= 0.6 is 12.4 Å². The summed E-state index contributed by atoms with van der Waals surface area (Å²) in [4.78, 5) is 11.1. The number of hydrogen-bond donors (Lipinski definition) is 1. The summed E-state index contributed by atoms with van der Waals surface area (Å²) >= 11 is 0. The number of likely N-dealkylation sites (tertiary alicyclic amines) is 1. The van der Waals surface area contributed by atoms with Gasteiger partial charge in [0.15, 0.2) is 0 Å². The monoisotopic (exact) mass is 242 g/mol. The maximum atomic E-state index is 5.50. The number of likely N-dealkylation sites (N-methyl/N-ethyl adjacent to an activating group) is 1. The fraction of sp³-hybridized carbons (Fsp3) is 0.636. The van der Waals surface area contributed by atoms with Gasteiger partial charge in [-0.1, -0.05) is 0 Å². The highest BCUT2D eigenvalue weighted by Crippen LogP contribution is 2.24. The molecule has 0 spiro atoms. The Bertz CT molecular complexity index is 332. The molecule has 0 amide bonds. The van der Waals surface area contributed by atoms with Crippen molar-refractivity contribution in [3.8, 4) is 0 Å². The maximum Gasteiger partial charge on any atom is 0.129 e. The molecular formula is C11H19ClN4. The molecule has 2 rings (SSSR count). The van der Waals surface area contributed by atoms with E-state index in [1.54, 1.807) is 0 Å². The summed E-state index contributed by atoms with van der Waals surface area (Å²) in [5, 5.41) is 0. The first-order chi connectivity index (χ1) is 7.29. The second-order valence-corrected chi connectivity index (χ2v) is 4.18. The van der Waals surface area contributed by atoms with Crippen LogP contribution in [0.5, 0.6) is 0 Å². The van der Waals surface area contributed by atoms with E-state index in [1.165, 1.54) is 18.7 Å². The van der Waals surface area contributed by atoms with Crippen molar-refractivity contribution >= 4 is 12.4 Å². The topological polar surface area (TPSA) is 55.0 Å². The molecule has 1 saturated heterocycles. The van der Waals surface area contributed by atoms with Crippen LogP contribution in [0.1, 0.15) is 23.9 Å². The van der Waals surface area contributed by atoms with Crippen LogP contribution in [0, 0.1) is 0 Å². The van der Waals surface area contributed by atoms with E-state index >= 15 is 0 Å². The molecule has 0 radical (unpaired) electrons. The van der Waals surface area contributed by atoms with Gasteiger partial charge in [-0.3, -0.25) is 0 Å². The number of nitrogens with zero attached hydrogens (tertiary/aromatic N) is 3. The fourth-order valence-electron chi connectivity index (χ4n) is 2.07. The van der Waals surface area contributed by atoms with E-state index < -0.39 is 0 Å². The zero-order chi connectivity index (χ0) is 10.7. The first-order valence-electron chi connectivity index (χ1n) is 5.50. The molecular weight excluding hydrogens is 224 g/mol. The van der Waals surface area contributed by atoms with Gasteiger partial charge in [0.2, 0.25) is 0 Å². The van der Waals surface area contributed by atoms with Gasteiger partial charge < -0.3 is 10.6 Å². The third kappa shape index (κ3) is 3.14. The van der Waals surface area contributed by atoms with E-state index in [2.05, 4.69) is 21.9 Å². The summed E-state index contributed by atoms with van der Waals surface area (Å²) in [6.45, 7) is 2.90. The number of halogens is 1. The first kappa shape index (κ1) is 13.4. The second-order valence-electron chi connectivity index (χ2n) is 4.18. The molecule has 0 saturated carbocycles. The Morgan fingerprint density at radius 2 is 2.38 bits per heavy atom. The summed E-state index contributed by atoms with van der Waals surface area (Å²) in [7, 11) is 2.15. The minimum absolute atomic E-state index is 0. The fourth-order valence-corrected chi connectivity index (χ4v) is 2.07. The quantitative estimate of drug-likeness (QED) is 0.853. The molecule has 90 valence electrons. The smallest absolute Gasteiger partial charge is 0.129 e. The lowest BCUT2D eigenvalue weighted by Crippen LogP contribution is -2.14. The lowest BCUT2D eigenvalue weighted by Gasteiger charge is -2.10. The molecule has 1 fully saturated rings. The average Bonchev–Trinajstić information content (AvgIpc) is 2.66. The van der Waals surface area contributed by atoms with Crippen LogP contribution in [0.25, 0.3) is 0 Å². The number of hydrogen-bond acceptors (Lipinski definition) is 4. The minimum Gasteiger partial charge on any atom is -0.330 e. The van der Waals surface area contributed by atoms with Crippen molar-refractivity contribution in [2.45, 2.75) is 18.8 Å². The van der Waals surface area contributed by atoms with E-state index in [9.17, 15) is 0 Å². The van der Waals surface area contributed by atoms with Gasteiger partial charge in [0.05, 0.1) is 0 Å². The van der Waals surface area contributed by atoms with Crippen molar-refractivity contribution in [3.63, 3.8) is 0 Å². The Morgan fingerprint density at radius 1 is 1.56 bits per heavy atom. The summed E-state index contributed by atoms with van der Waals surface area (Å²) in [5.74, 6) is 1.46. The molecule has 16 heavy (non-hydrogen) atoms. The second kappa shape index (κ2) is 6.13. The van der Waals surface area contributed by atoms with Crippen molar-refractivity contribution in [2.75, 3.05) is 26.7 Å². The molecule has 1 atom stereocenters. The van der Waals surface area contributed by atoms with Gasteiger partial charge in [0, 0.05) is 30.8 Å². The summed E-state index contributed by atoms with van der Waals surface area (Å²) in [6, 6.07) is 2.03. The van der Waals surface area contributed by atoms with E-state index in [4.69, 9.17) is 5.73 Å². The molecule has 1 unspecified atom stereocenters. The van der Waals surface area contributed by atoms with Crippen molar-refractivity contribution in [2.24, 2.45) is 5.73 Å². The summed E-state index contributed by atoms with van der Waals surface area (Å²) in [5.41, 5.74) is 6.68. The van der Waals surface area contributed by atoms with Crippen molar-refractivity contribution in [3.05, 3.63) is 23.8 Å². The van der Waals surface area contributed by atoms with Crippen LogP contribution in [0.2, 0.25) is 0 Å². The highest BCUT2D eigenvalue weighted by molar-refractivity contribution is 5.85. The molecule has 0 aliphatic carbocycles. The third-order valence-corrected chi connectivity index (χ3v) is 2.90. The predicted octanol–water partition coefficient (Wildman–Crippen LogP) is 0.819. The average molecular weight is 243 g/mol. The lowest BCUT2D eigenvalue weighted by molar-refractivity contribution is 0.410. The zero-order valence-corrected chi connectivity index (χ0v) is 10.4. The molecule has 1 aromatic heterocycles. The van der Waals surface area contributed by atoms with Gasteiger partial charge in [-0.05, 0) is 32.6 Å². The molecule has 4 nitrogen and oxygen atoms in total. The van der Waals surface area contributed by atoms with Crippen LogP contribution < -0.4 is 5.73 Å². The van der Waals surface area contributed by atoms with E-state index in [-0.39, 0.29) is 12.4 Å². The SMILES string of the molecule is CN1CCC(c2ccnc(CCN)n2)C1.Cl. The molecule has 1 aliphatic heterocycles. The van der Waals surface area contributed by atoms with Crippen LogP contribution in [-0.4, -0.2) is 41.5 Å². The third-order valence-electron chi connectivity index (χ3n) is 2.90. The minimum atomic E-state index is 0. The highest BCUT2D eigenvalue weighted by atomic mass is 35.5. The Labute approximate surface area is 103 Å². The van der Waals surface area contributed by atoms with Gasteiger partial charge in [-0.2, -0.15) is 0 Å². The van der Waals surface area contributed by atoms with Crippen molar-refractivity contribution in [1.29, 1.82) is 0 Å². The molecule has 1 aliphatic rings. The Hall–Kier alpha value is -0.710. The van der Waals surface area contributed by atoms with Gasteiger partial charge >= 0.3 is 0 Å². The molecule has 1 aromatic rings. The van der Waals surface area contributed by atoms with Crippen LogP contribution in [0.3, 0.4) is 0 Å². The van der Waals surface area contributed by atoms with E-state index in [1.807, 2.05) is 12.3 Å². The number of rotatable bonds is 3. The Morgan fingerprint density at radius 3 is 3.00 bits per heavy atom. The largest absolute Gasteiger partial charge is 0.330 e. The van der Waals surface area contributed by atoms with Crippen LogP contribution in [-0.2, 0) is 6.42 Å². The molecule has 5 heteroatoms. The normalized spacial score (nSPS) is 20.8. The lowest BCUT2D eigenvalue weighted by atomic mass is 10.0. The van der Waals surface area contributed by atoms with Crippen molar-refractivity contribution in [1.82, 2.24) is 14.9 Å². The molecule has 0 aromatic carbocycles. The van der Waals surface area contributed by atoms with Gasteiger partial charge in [0.1, 0.15) is 5.82 Å². The molecule has 2 heterocycles. The number of aromatic nitrogens is 2. The molecule has 0 bridgehead atoms. The zero-order valence-electron chi connectivity index (χ0n) is 9.59. The summed E-state index contributed by atoms with van der Waals surface area (Å²) < 4.78 is 0. The molecule has 2 N–H and O–H groups in total. The van der Waals surface area contributed by atoms with Crippen LogP contribution in [0.4, 0.5) is 0 Å². The van der Waals surface area contributed by atoms with Gasteiger partial charge in [0.25, 0.3) is 0 Å². The van der Waals surface area contributed by atoms with Crippen LogP contribution in [0.15, 0.2) is 12.3 Å². The highest BCUT2D eigenvalue weighted by Gasteiger charge is 2.22. The van der Waals surface area contributed by atoms with E-state index in [0.29, 0.717) is 12.5 Å². The standard InChI is InChI=1S/C11H18N4.ClH/c1-15-7-4-9(8-15)10-3-6-13-11(14-10)2-5-12;/h3,6,9H,2,4-5,7-8,12H2,1H3;1H. The summed E-state index contributed by atoms with van der Waals surface area (Å²) in [6.07, 6.45) is 3.83. The predicted molar refractivity (Wildman–Crippen MR) is 66.9 cm³/mol. The van der Waals surface area contributed by atoms with Gasteiger partial charge in [-0.25, -0.2) is 9.97 Å². The van der Waals surface area contributed by atoms with E-state index in [0.717, 1.165) is 18.8 Å². The number of nitrogens with two attached hydrogens (primary N) is 1. The Kier molecular flexibility index (Phi) is 5.12. The maximum absolute atomic E-state index is 5.50. The van der Waals surface area contributed by atoms with Crippen molar-refractivity contribution < 1.29 is 0 Å². The first-order valence-corrected chi connectivity index (χ1v) is 5.50. The van der Waals surface area contributed by atoms with Gasteiger partial charge in [-0.15, -0.1) is 12.4 Å².